The first kappa shape index (κ1) is 25.7. The standard InChI is InChI=1S/C47H27NO/c1-2-12-30-28(11-1)21-23-35-34-16-6-10-20-43(34)48(46(30)35)29-22-24-44-37(25-29)38-26-36-33-15-5-9-19-41(33)47(42(36)27-45(38)49-44)39-17-7-3-13-31(39)32-14-4-8-18-40(32)47/h1-27H. The molecule has 1 spiro atoms. The minimum atomic E-state index is -0.387. The third-order valence-corrected chi connectivity index (χ3v) is 11.4. The van der Waals surface area contributed by atoms with Gasteiger partial charge in [0.15, 0.2) is 0 Å². The van der Waals surface area contributed by atoms with Gasteiger partial charge in [0.05, 0.1) is 16.4 Å². The van der Waals surface area contributed by atoms with Gasteiger partial charge in [0, 0.05) is 32.6 Å². The van der Waals surface area contributed by atoms with Crippen molar-refractivity contribution in [2.75, 3.05) is 0 Å². The van der Waals surface area contributed by atoms with Crippen LogP contribution in [0.5, 0.6) is 0 Å². The summed E-state index contributed by atoms with van der Waals surface area (Å²) in [5.41, 5.74) is 15.6. The minimum Gasteiger partial charge on any atom is -0.456 e. The van der Waals surface area contributed by atoms with E-state index < -0.39 is 0 Å². The summed E-state index contributed by atoms with van der Waals surface area (Å²) in [6.07, 6.45) is 0. The van der Waals surface area contributed by atoms with Crippen LogP contribution >= 0.6 is 0 Å². The number of aromatic nitrogens is 1. The molecule has 0 radical (unpaired) electrons. The van der Waals surface area contributed by atoms with E-state index in [2.05, 4.69) is 168 Å². The zero-order chi connectivity index (χ0) is 31.8. The number of nitrogens with zero attached hydrogens (tertiary/aromatic N) is 1. The van der Waals surface area contributed by atoms with Crippen molar-refractivity contribution in [1.82, 2.24) is 4.57 Å². The van der Waals surface area contributed by atoms with Gasteiger partial charge in [-0.25, -0.2) is 0 Å². The molecule has 2 aliphatic rings. The average molecular weight is 622 g/mol. The molecule has 2 heterocycles. The summed E-state index contributed by atoms with van der Waals surface area (Å²) in [5, 5.41) is 7.30. The van der Waals surface area contributed by atoms with Crippen molar-refractivity contribution < 1.29 is 4.42 Å². The number of benzene rings is 8. The quantitative estimate of drug-likeness (QED) is 0.178. The molecule has 2 nitrogen and oxygen atoms in total. The molecule has 0 atom stereocenters. The van der Waals surface area contributed by atoms with Crippen LogP contribution in [-0.4, -0.2) is 4.57 Å². The normalized spacial score (nSPS) is 13.9. The molecule has 10 aromatic rings. The number of hydrogen-bond acceptors (Lipinski definition) is 1. The molecule has 12 rings (SSSR count). The van der Waals surface area contributed by atoms with Crippen molar-refractivity contribution in [3.63, 3.8) is 0 Å². The van der Waals surface area contributed by atoms with Crippen LogP contribution in [-0.2, 0) is 5.41 Å². The largest absolute Gasteiger partial charge is 0.456 e. The van der Waals surface area contributed by atoms with Gasteiger partial charge in [-0.1, -0.05) is 127 Å². The lowest BCUT2D eigenvalue weighted by atomic mass is 9.70. The van der Waals surface area contributed by atoms with Gasteiger partial charge in [-0.3, -0.25) is 0 Å². The zero-order valence-electron chi connectivity index (χ0n) is 26.4. The summed E-state index contributed by atoms with van der Waals surface area (Å²) in [6.45, 7) is 0. The Morgan fingerprint density at radius 1 is 0.388 bits per heavy atom. The van der Waals surface area contributed by atoms with Gasteiger partial charge in [0.1, 0.15) is 11.2 Å². The van der Waals surface area contributed by atoms with Crippen LogP contribution in [0.2, 0.25) is 0 Å². The highest BCUT2D eigenvalue weighted by atomic mass is 16.3. The molecular weight excluding hydrogens is 595 g/mol. The summed E-state index contributed by atoms with van der Waals surface area (Å²) in [6, 6.07) is 60.4. The van der Waals surface area contributed by atoms with E-state index in [0.29, 0.717) is 0 Å². The second-order valence-electron chi connectivity index (χ2n) is 13.6. The molecule has 0 saturated heterocycles. The fourth-order valence-corrected chi connectivity index (χ4v) is 9.49. The van der Waals surface area contributed by atoms with E-state index in [1.807, 2.05) is 0 Å². The lowest BCUT2D eigenvalue weighted by molar-refractivity contribution is 0.666. The number of fused-ring (bicyclic) bond motifs is 18. The third-order valence-electron chi connectivity index (χ3n) is 11.4. The zero-order valence-corrected chi connectivity index (χ0v) is 26.4. The average Bonchev–Trinajstić information content (AvgIpc) is 3.87. The van der Waals surface area contributed by atoms with Crippen LogP contribution in [0.1, 0.15) is 22.3 Å². The molecule has 2 aromatic heterocycles. The first-order valence-corrected chi connectivity index (χ1v) is 17.0. The predicted molar refractivity (Wildman–Crippen MR) is 202 cm³/mol. The van der Waals surface area contributed by atoms with Gasteiger partial charge < -0.3 is 8.98 Å². The Hall–Kier alpha value is -6.38. The molecule has 0 amide bonds. The van der Waals surface area contributed by atoms with Crippen LogP contribution in [0.15, 0.2) is 168 Å². The molecule has 49 heavy (non-hydrogen) atoms. The van der Waals surface area contributed by atoms with E-state index in [9.17, 15) is 0 Å². The lowest BCUT2D eigenvalue weighted by Crippen LogP contribution is -2.25. The Morgan fingerprint density at radius 3 is 1.76 bits per heavy atom. The van der Waals surface area contributed by atoms with Crippen molar-refractivity contribution >= 4 is 54.5 Å². The summed E-state index contributed by atoms with van der Waals surface area (Å²) in [7, 11) is 0. The highest BCUT2D eigenvalue weighted by Crippen LogP contribution is 2.63. The second kappa shape index (κ2) is 8.94. The van der Waals surface area contributed by atoms with Crippen LogP contribution in [0, 0.1) is 0 Å². The number of hydrogen-bond donors (Lipinski definition) is 0. The van der Waals surface area contributed by atoms with E-state index in [0.717, 1.165) is 27.6 Å². The summed E-state index contributed by atoms with van der Waals surface area (Å²) < 4.78 is 9.20. The van der Waals surface area contributed by atoms with Gasteiger partial charge in [0.2, 0.25) is 0 Å². The number of para-hydroxylation sites is 1. The fraction of sp³-hybridized carbons (Fsp3) is 0.0213. The van der Waals surface area contributed by atoms with E-state index in [4.69, 9.17) is 4.42 Å². The Kier molecular flexibility index (Phi) is 4.69. The van der Waals surface area contributed by atoms with Gasteiger partial charge in [0.25, 0.3) is 0 Å². The van der Waals surface area contributed by atoms with Gasteiger partial charge in [-0.15, -0.1) is 0 Å². The molecule has 0 fully saturated rings. The molecule has 8 aromatic carbocycles. The first-order valence-electron chi connectivity index (χ1n) is 17.0. The van der Waals surface area contributed by atoms with Gasteiger partial charge in [-0.05, 0) is 86.3 Å². The Bertz CT molecular complexity index is 3020. The summed E-state index contributed by atoms with van der Waals surface area (Å²) in [5.74, 6) is 0. The molecule has 0 unspecified atom stereocenters. The van der Waals surface area contributed by atoms with Gasteiger partial charge in [-0.2, -0.15) is 0 Å². The monoisotopic (exact) mass is 621 g/mol. The molecule has 0 N–H and O–H groups in total. The molecule has 0 saturated carbocycles. The fourth-order valence-electron chi connectivity index (χ4n) is 9.49. The third kappa shape index (κ3) is 3.04. The van der Waals surface area contributed by atoms with Crippen molar-refractivity contribution in [3.8, 4) is 27.9 Å². The smallest absolute Gasteiger partial charge is 0.135 e. The SMILES string of the molecule is c1ccc2c(c1)-c1ccccc1C21c2ccccc2-c2cc3c(cc21)oc1ccc(-n2c4ccccc4c4ccc5ccccc5c42)cc13. The van der Waals surface area contributed by atoms with Gasteiger partial charge >= 0.3 is 0 Å². The van der Waals surface area contributed by atoms with E-state index >= 15 is 0 Å². The Balaban J connectivity index is 1.16. The van der Waals surface area contributed by atoms with Crippen LogP contribution in [0.3, 0.4) is 0 Å². The molecule has 226 valence electrons. The predicted octanol–water partition coefficient (Wildman–Crippen LogP) is 12.2. The van der Waals surface area contributed by atoms with E-state index in [-0.39, 0.29) is 5.41 Å². The molecule has 2 heteroatoms. The topological polar surface area (TPSA) is 18.1 Å². The van der Waals surface area contributed by atoms with E-state index in [1.54, 1.807) is 0 Å². The van der Waals surface area contributed by atoms with Crippen molar-refractivity contribution in [1.29, 1.82) is 0 Å². The minimum absolute atomic E-state index is 0.387. The first-order chi connectivity index (χ1) is 24.3. The molecular formula is C47H27NO. The highest BCUT2D eigenvalue weighted by Gasteiger charge is 2.51. The Morgan fingerprint density at radius 2 is 1.00 bits per heavy atom. The second-order valence-corrected chi connectivity index (χ2v) is 13.6. The number of rotatable bonds is 1. The highest BCUT2D eigenvalue weighted by molar-refractivity contribution is 6.19. The maximum absolute atomic E-state index is 6.76. The maximum atomic E-state index is 6.76. The van der Waals surface area contributed by atoms with Crippen molar-refractivity contribution in [3.05, 3.63) is 186 Å². The van der Waals surface area contributed by atoms with Crippen LogP contribution in [0.25, 0.3) is 82.5 Å². The number of furan rings is 1. The molecule has 0 bridgehead atoms. The maximum Gasteiger partial charge on any atom is 0.135 e. The lowest BCUT2D eigenvalue weighted by Gasteiger charge is -2.30. The Labute approximate surface area is 282 Å². The molecule has 0 aliphatic heterocycles. The van der Waals surface area contributed by atoms with Crippen LogP contribution < -0.4 is 0 Å². The van der Waals surface area contributed by atoms with Crippen molar-refractivity contribution in [2.24, 2.45) is 0 Å². The van der Waals surface area contributed by atoms with Crippen LogP contribution in [0.4, 0.5) is 0 Å². The molecule has 2 aliphatic carbocycles. The summed E-state index contributed by atoms with van der Waals surface area (Å²) in [4.78, 5) is 0. The van der Waals surface area contributed by atoms with E-state index in [1.165, 1.54) is 77.1 Å². The van der Waals surface area contributed by atoms with Crippen molar-refractivity contribution in [2.45, 2.75) is 5.41 Å². The summed E-state index contributed by atoms with van der Waals surface area (Å²) >= 11 is 0.